The minimum absolute atomic E-state index is 0.427. The summed E-state index contributed by atoms with van der Waals surface area (Å²) in [6.45, 7) is 6.00. The van der Waals surface area contributed by atoms with Crippen LogP contribution >= 0.6 is 0 Å². The Morgan fingerprint density at radius 3 is 2.50 bits per heavy atom. The SMILES string of the molecule is C=C(N)n1nc(C2CCCCCCC2)nc1C1=C(C)C=CCC=C1. The lowest BCUT2D eigenvalue weighted by Crippen LogP contribution is -2.11. The Balaban J connectivity index is 1.99. The van der Waals surface area contributed by atoms with Crippen molar-refractivity contribution in [1.29, 1.82) is 0 Å². The number of rotatable bonds is 3. The van der Waals surface area contributed by atoms with Crippen molar-refractivity contribution in [3.63, 3.8) is 0 Å². The van der Waals surface area contributed by atoms with Gasteiger partial charge in [0, 0.05) is 11.5 Å². The predicted molar refractivity (Wildman–Crippen MR) is 100 cm³/mol. The highest BCUT2D eigenvalue weighted by Gasteiger charge is 2.22. The highest BCUT2D eigenvalue weighted by atomic mass is 15.4. The Hall–Kier alpha value is -2.10. The molecule has 3 rings (SSSR count). The first-order valence-electron chi connectivity index (χ1n) is 9.13. The number of nitrogens with two attached hydrogens (primary N) is 1. The van der Waals surface area contributed by atoms with Crippen LogP contribution in [0.5, 0.6) is 0 Å². The molecule has 0 aliphatic heterocycles. The zero-order chi connectivity index (χ0) is 16.9. The van der Waals surface area contributed by atoms with Gasteiger partial charge in [-0.3, -0.25) is 0 Å². The molecule has 2 aliphatic carbocycles. The van der Waals surface area contributed by atoms with E-state index in [2.05, 4.69) is 37.8 Å². The van der Waals surface area contributed by atoms with Gasteiger partial charge in [0.05, 0.1) is 0 Å². The van der Waals surface area contributed by atoms with Gasteiger partial charge in [0.15, 0.2) is 11.6 Å². The minimum Gasteiger partial charge on any atom is -0.384 e. The summed E-state index contributed by atoms with van der Waals surface area (Å²) in [5, 5.41) is 4.73. The second-order valence-corrected chi connectivity index (χ2v) is 6.88. The fourth-order valence-electron chi connectivity index (χ4n) is 3.57. The molecule has 0 saturated heterocycles. The van der Waals surface area contributed by atoms with Crippen LogP contribution in [0.3, 0.4) is 0 Å². The standard InChI is InChI=1S/C20H28N4/c1-15-11-7-6-10-14-18(15)20-22-19(23-24(20)16(2)21)17-12-8-4-3-5-9-13-17/h7,10-11,14,17H,2-6,8-9,12-13,21H2,1H3. The first kappa shape index (κ1) is 16.7. The second kappa shape index (κ2) is 7.65. The summed E-state index contributed by atoms with van der Waals surface area (Å²) < 4.78 is 1.72. The van der Waals surface area contributed by atoms with Crippen molar-refractivity contribution < 1.29 is 0 Å². The van der Waals surface area contributed by atoms with Crippen LogP contribution in [0.25, 0.3) is 11.4 Å². The van der Waals surface area contributed by atoms with Crippen LogP contribution in [0, 0.1) is 0 Å². The van der Waals surface area contributed by atoms with E-state index in [0.29, 0.717) is 11.7 Å². The third-order valence-corrected chi connectivity index (χ3v) is 4.96. The van der Waals surface area contributed by atoms with E-state index in [4.69, 9.17) is 15.8 Å². The van der Waals surface area contributed by atoms with Gasteiger partial charge in [-0.15, -0.1) is 5.10 Å². The second-order valence-electron chi connectivity index (χ2n) is 6.88. The van der Waals surface area contributed by atoms with Gasteiger partial charge in [0.2, 0.25) is 0 Å². The molecule has 0 spiro atoms. The molecule has 1 fully saturated rings. The average Bonchev–Trinajstić information content (AvgIpc) is 2.84. The molecule has 4 heteroatoms. The first-order valence-corrected chi connectivity index (χ1v) is 9.13. The number of hydrogen-bond donors (Lipinski definition) is 1. The highest BCUT2D eigenvalue weighted by molar-refractivity contribution is 5.76. The Kier molecular flexibility index (Phi) is 5.34. The molecule has 0 bridgehead atoms. The van der Waals surface area contributed by atoms with Crippen molar-refractivity contribution >= 4 is 11.4 Å². The summed E-state index contributed by atoms with van der Waals surface area (Å²) >= 11 is 0. The zero-order valence-electron chi connectivity index (χ0n) is 14.7. The Morgan fingerprint density at radius 1 is 1.12 bits per heavy atom. The van der Waals surface area contributed by atoms with Crippen molar-refractivity contribution in [2.45, 2.75) is 64.2 Å². The third-order valence-electron chi connectivity index (χ3n) is 4.96. The molecule has 24 heavy (non-hydrogen) atoms. The van der Waals surface area contributed by atoms with Crippen LogP contribution in [0.1, 0.15) is 75.9 Å². The quantitative estimate of drug-likeness (QED) is 0.870. The van der Waals surface area contributed by atoms with Gasteiger partial charge in [0.25, 0.3) is 0 Å². The molecule has 0 aromatic carbocycles. The lowest BCUT2D eigenvalue weighted by Gasteiger charge is -2.16. The van der Waals surface area contributed by atoms with Crippen LogP contribution in [-0.2, 0) is 0 Å². The summed E-state index contributed by atoms with van der Waals surface area (Å²) in [7, 11) is 0. The third kappa shape index (κ3) is 3.69. The zero-order valence-corrected chi connectivity index (χ0v) is 14.7. The van der Waals surface area contributed by atoms with Gasteiger partial charge in [-0.25, -0.2) is 4.98 Å². The minimum atomic E-state index is 0.427. The van der Waals surface area contributed by atoms with E-state index in [-0.39, 0.29) is 0 Å². The van der Waals surface area contributed by atoms with Gasteiger partial charge in [0.1, 0.15) is 5.82 Å². The summed E-state index contributed by atoms with van der Waals surface area (Å²) in [6, 6.07) is 0. The molecular weight excluding hydrogens is 296 g/mol. The van der Waals surface area contributed by atoms with E-state index >= 15 is 0 Å². The maximum atomic E-state index is 6.01. The summed E-state index contributed by atoms with van der Waals surface area (Å²) in [5.74, 6) is 2.62. The molecule has 1 saturated carbocycles. The molecular formula is C20H28N4. The monoisotopic (exact) mass is 324 g/mol. The molecule has 128 valence electrons. The lowest BCUT2D eigenvalue weighted by atomic mass is 9.91. The fourth-order valence-corrected chi connectivity index (χ4v) is 3.57. The van der Waals surface area contributed by atoms with E-state index in [1.54, 1.807) is 4.68 Å². The smallest absolute Gasteiger partial charge is 0.165 e. The number of nitrogens with zero attached hydrogens (tertiary/aromatic N) is 3. The predicted octanol–water partition coefficient (Wildman–Crippen LogP) is 4.78. The normalized spacial score (nSPS) is 19.9. The molecule has 1 heterocycles. The van der Waals surface area contributed by atoms with E-state index in [9.17, 15) is 0 Å². The fraction of sp³-hybridized carbons (Fsp3) is 0.500. The molecule has 4 nitrogen and oxygen atoms in total. The molecule has 0 atom stereocenters. The average molecular weight is 324 g/mol. The van der Waals surface area contributed by atoms with Crippen molar-refractivity contribution in [1.82, 2.24) is 14.8 Å². The topological polar surface area (TPSA) is 56.7 Å². The van der Waals surface area contributed by atoms with Crippen molar-refractivity contribution in [2.24, 2.45) is 5.73 Å². The van der Waals surface area contributed by atoms with E-state index in [0.717, 1.165) is 23.6 Å². The lowest BCUT2D eigenvalue weighted by molar-refractivity contribution is 0.442. The van der Waals surface area contributed by atoms with Crippen LogP contribution in [0.4, 0.5) is 0 Å². The van der Waals surface area contributed by atoms with Crippen molar-refractivity contribution in [3.8, 4) is 0 Å². The number of hydrogen-bond acceptors (Lipinski definition) is 3. The van der Waals surface area contributed by atoms with Gasteiger partial charge < -0.3 is 5.73 Å². The Morgan fingerprint density at radius 2 is 1.79 bits per heavy atom. The number of allylic oxidation sites excluding steroid dienone is 6. The summed E-state index contributed by atoms with van der Waals surface area (Å²) in [4.78, 5) is 4.91. The molecule has 0 radical (unpaired) electrons. The molecule has 0 unspecified atom stereocenters. The van der Waals surface area contributed by atoms with Crippen LogP contribution in [-0.4, -0.2) is 14.8 Å². The largest absolute Gasteiger partial charge is 0.384 e. The van der Waals surface area contributed by atoms with Gasteiger partial charge in [-0.2, -0.15) is 4.68 Å². The molecule has 0 amide bonds. The molecule has 2 aliphatic rings. The van der Waals surface area contributed by atoms with Gasteiger partial charge >= 0.3 is 0 Å². The van der Waals surface area contributed by atoms with Crippen LogP contribution in [0.2, 0.25) is 0 Å². The van der Waals surface area contributed by atoms with Gasteiger partial charge in [-0.05, 0) is 31.8 Å². The Labute approximate surface area is 144 Å². The van der Waals surface area contributed by atoms with Crippen molar-refractivity contribution in [2.75, 3.05) is 0 Å². The number of aromatic nitrogens is 3. The Bertz CT molecular complexity index is 682. The molecule has 2 N–H and O–H groups in total. The maximum Gasteiger partial charge on any atom is 0.165 e. The van der Waals surface area contributed by atoms with E-state index < -0.39 is 0 Å². The molecule has 1 aromatic heterocycles. The highest BCUT2D eigenvalue weighted by Crippen LogP contribution is 2.31. The molecule has 1 aromatic rings. The summed E-state index contributed by atoms with van der Waals surface area (Å²) in [5.41, 5.74) is 8.27. The van der Waals surface area contributed by atoms with Crippen LogP contribution < -0.4 is 5.73 Å². The van der Waals surface area contributed by atoms with Gasteiger partial charge in [-0.1, -0.05) is 63.0 Å². The summed E-state index contributed by atoms with van der Waals surface area (Å²) in [6.07, 6.45) is 18.4. The van der Waals surface area contributed by atoms with Crippen LogP contribution in [0.15, 0.2) is 36.5 Å². The first-order chi connectivity index (χ1) is 11.7. The van der Waals surface area contributed by atoms with E-state index in [1.807, 2.05) is 0 Å². The van der Waals surface area contributed by atoms with E-state index in [1.165, 1.54) is 50.5 Å². The maximum absolute atomic E-state index is 6.01. The van der Waals surface area contributed by atoms with Crippen molar-refractivity contribution in [3.05, 3.63) is 48.1 Å².